The second-order valence-electron chi connectivity index (χ2n) is 5.57. The monoisotopic (exact) mass is 367 g/mol. The number of ether oxygens (including phenoxy) is 1. The average molecular weight is 368 g/mol. The van der Waals surface area contributed by atoms with Crippen LogP contribution >= 0.6 is 23.4 Å². The molecule has 6 nitrogen and oxygen atoms in total. The fourth-order valence-corrected chi connectivity index (χ4v) is 3.69. The van der Waals surface area contributed by atoms with Crippen molar-refractivity contribution in [2.75, 3.05) is 19.4 Å². The summed E-state index contributed by atoms with van der Waals surface area (Å²) in [6.07, 6.45) is 1.93. The molecule has 1 aromatic heterocycles. The van der Waals surface area contributed by atoms with Gasteiger partial charge in [0.15, 0.2) is 5.16 Å². The molecule has 1 saturated heterocycles. The highest BCUT2D eigenvalue weighted by Gasteiger charge is 2.20. The van der Waals surface area contributed by atoms with E-state index in [4.69, 9.17) is 16.3 Å². The molecule has 128 valence electrons. The van der Waals surface area contributed by atoms with Gasteiger partial charge in [0.1, 0.15) is 0 Å². The molecule has 1 unspecified atom stereocenters. The van der Waals surface area contributed by atoms with E-state index in [1.165, 1.54) is 11.8 Å². The number of nitrogens with one attached hydrogen (secondary N) is 1. The zero-order valence-corrected chi connectivity index (χ0v) is 14.8. The van der Waals surface area contributed by atoms with E-state index in [0.29, 0.717) is 27.6 Å². The van der Waals surface area contributed by atoms with Gasteiger partial charge in [-0.15, -0.1) is 0 Å². The van der Waals surface area contributed by atoms with Crippen molar-refractivity contribution in [2.45, 2.75) is 30.6 Å². The number of rotatable bonds is 5. The Morgan fingerprint density at radius 3 is 3.08 bits per heavy atom. The van der Waals surface area contributed by atoms with E-state index in [-0.39, 0.29) is 23.3 Å². The predicted octanol–water partition coefficient (Wildman–Crippen LogP) is 2.07. The van der Waals surface area contributed by atoms with Crippen LogP contribution in [0.5, 0.6) is 0 Å². The van der Waals surface area contributed by atoms with Crippen molar-refractivity contribution in [3.05, 3.63) is 33.6 Å². The van der Waals surface area contributed by atoms with E-state index >= 15 is 0 Å². The Labute approximate surface area is 148 Å². The minimum absolute atomic E-state index is 0.00796. The van der Waals surface area contributed by atoms with Gasteiger partial charge in [-0.1, -0.05) is 23.4 Å². The van der Waals surface area contributed by atoms with E-state index in [0.717, 1.165) is 19.4 Å². The number of benzene rings is 1. The average Bonchev–Trinajstić information content (AvgIpc) is 3.08. The third-order valence-electron chi connectivity index (χ3n) is 3.90. The Bertz CT molecular complexity index is 818. The molecule has 1 N–H and O–H groups in total. The Hall–Kier alpha value is -1.57. The number of amides is 1. The van der Waals surface area contributed by atoms with Crippen LogP contribution in [0.3, 0.4) is 0 Å². The van der Waals surface area contributed by atoms with Crippen LogP contribution in [0.15, 0.2) is 28.2 Å². The summed E-state index contributed by atoms with van der Waals surface area (Å²) in [5, 5.41) is 4.11. The number of hydrogen-bond donors (Lipinski definition) is 1. The second kappa shape index (κ2) is 7.55. The molecule has 0 saturated carbocycles. The molecule has 8 heteroatoms. The molecule has 1 atom stereocenters. The maximum atomic E-state index is 12.9. The zero-order chi connectivity index (χ0) is 17.1. The summed E-state index contributed by atoms with van der Waals surface area (Å²) >= 11 is 7.25. The van der Waals surface area contributed by atoms with E-state index < -0.39 is 0 Å². The molecule has 0 spiro atoms. The van der Waals surface area contributed by atoms with Gasteiger partial charge in [0, 0.05) is 18.7 Å². The lowest BCUT2D eigenvalue weighted by Gasteiger charge is -2.16. The lowest BCUT2D eigenvalue weighted by Crippen LogP contribution is -2.29. The first-order valence-corrected chi connectivity index (χ1v) is 9.10. The molecule has 3 rings (SSSR count). The van der Waals surface area contributed by atoms with Crippen LogP contribution in [0.2, 0.25) is 5.02 Å². The molecule has 1 aromatic carbocycles. The van der Waals surface area contributed by atoms with E-state index in [9.17, 15) is 9.59 Å². The largest absolute Gasteiger partial charge is 0.376 e. The Morgan fingerprint density at radius 2 is 2.38 bits per heavy atom. The minimum atomic E-state index is -0.133. The van der Waals surface area contributed by atoms with Crippen molar-refractivity contribution in [1.82, 2.24) is 14.9 Å². The second-order valence-corrected chi connectivity index (χ2v) is 6.95. The van der Waals surface area contributed by atoms with Gasteiger partial charge in [0.05, 0.1) is 29.3 Å². The van der Waals surface area contributed by atoms with Gasteiger partial charge in [-0.3, -0.25) is 14.2 Å². The van der Waals surface area contributed by atoms with Crippen LogP contribution in [0, 0.1) is 0 Å². The summed E-state index contributed by atoms with van der Waals surface area (Å²) in [6, 6.07) is 5.03. The lowest BCUT2D eigenvalue weighted by atomic mass is 10.2. The summed E-state index contributed by atoms with van der Waals surface area (Å²) in [7, 11) is 1.58. The topological polar surface area (TPSA) is 73.2 Å². The number of aromatic nitrogens is 2. The number of carbonyl (C=O) groups excluding carboxylic acids is 1. The summed E-state index contributed by atoms with van der Waals surface area (Å²) < 4.78 is 7.26. The van der Waals surface area contributed by atoms with Crippen LogP contribution in [-0.2, 0) is 16.1 Å². The molecule has 24 heavy (non-hydrogen) atoms. The van der Waals surface area contributed by atoms with E-state index in [1.54, 1.807) is 29.8 Å². The highest BCUT2D eigenvalue weighted by Crippen LogP contribution is 2.22. The maximum absolute atomic E-state index is 12.9. The van der Waals surface area contributed by atoms with Crippen molar-refractivity contribution < 1.29 is 9.53 Å². The molecule has 0 aliphatic carbocycles. The minimum Gasteiger partial charge on any atom is -0.376 e. The van der Waals surface area contributed by atoms with Crippen molar-refractivity contribution in [2.24, 2.45) is 0 Å². The van der Waals surface area contributed by atoms with Crippen LogP contribution < -0.4 is 10.9 Å². The van der Waals surface area contributed by atoms with Crippen molar-refractivity contribution >= 4 is 40.2 Å². The number of carbonyl (C=O) groups is 1. The molecule has 1 aliphatic rings. The third kappa shape index (κ3) is 3.74. The van der Waals surface area contributed by atoms with Gasteiger partial charge in [-0.25, -0.2) is 4.98 Å². The maximum Gasteiger partial charge on any atom is 0.262 e. The van der Waals surface area contributed by atoms with Crippen molar-refractivity contribution in [1.29, 1.82) is 0 Å². The normalized spacial score (nSPS) is 17.3. The fourth-order valence-electron chi connectivity index (χ4n) is 2.64. The van der Waals surface area contributed by atoms with E-state index in [1.807, 2.05) is 0 Å². The smallest absolute Gasteiger partial charge is 0.262 e. The summed E-state index contributed by atoms with van der Waals surface area (Å²) in [6.45, 7) is 1.16. The first-order valence-electron chi connectivity index (χ1n) is 7.73. The van der Waals surface area contributed by atoms with Gasteiger partial charge in [-0.2, -0.15) is 0 Å². The molecular formula is C16H18ClN3O3S. The Morgan fingerprint density at radius 1 is 1.54 bits per heavy atom. The molecule has 1 amide bonds. The summed E-state index contributed by atoms with van der Waals surface area (Å²) in [5.41, 5.74) is 0.405. The predicted molar refractivity (Wildman–Crippen MR) is 94.8 cm³/mol. The van der Waals surface area contributed by atoms with Crippen molar-refractivity contribution in [3.63, 3.8) is 0 Å². The number of fused-ring (bicyclic) bond motifs is 1. The van der Waals surface area contributed by atoms with Gasteiger partial charge >= 0.3 is 0 Å². The highest BCUT2D eigenvalue weighted by atomic mass is 35.5. The lowest BCUT2D eigenvalue weighted by molar-refractivity contribution is -0.118. The molecule has 2 aromatic rings. The number of nitrogens with zero attached hydrogens (tertiary/aromatic N) is 2. The van der Waals surface area contributed by atoms with Crippen LogP contribution in [0.25, 0.3) is 10.9 Å². The molecule has 1 aliphatic heterocycles. The molecule has 2 heterocycles. The first-order chi connectivity index (χ1) is 11.6. The molecule has 1 fully saturated rings. The van der Waals surface area contributed by atoms with Gasteiger partial charge < -0.3 is 10.1 Å². The highest BCUT2D eigenvalue weighted by molar-refractivity contribution is 7.99. The van der Waals surface area contributed by atoms with Gasteiger partial charge in [0.25, 0.3) is 5.56 Å². The Kier molecular flexibility index (Phi) is 5.43. The molecule has 0 bridgehead atoms. The SMILES string of the molecule is CNC(=O)CSc1nc2cc(Cl)ccc2c(=O)n1CC1CCCO1. The van der Waals surface area contributed by atoms with Gasteiger partial charge in [0.2, 0.25) is 5.91 Å². The quantitative estimate of drug-likeness (QED) is 0.647. The zero-order valence-electron chi connectivity index (χ0n) is 13.3. The van der Waals surface area contributed by atoms with Crippen LogP contribution in [-0.4, -0.2) is 41.0 Å². The number of thioether (sulfide) groups is 1. The Balaban J connectivity index is 2.02. The molecular weight excluding hydrogens is 350 g/mol. The van der Waals surface area contributed by atoms with Crippen LogP contribution in [0.1, 0.15) is 12.8 Å². The third-order valence-corrected chi connectivity index (χ3v) is 5.12. The standard InChI is InChI=1S/C16H18ClN3O3S/c1-18-14(21)9-24-16-19-13-7-10(17)4-5-12(13)15(22)20(16)8-11-3-2-6-23-11/h4-5,7,11H,2-3,6,8-9H2,1H3,(H,18,21). The summed E-state index contributed by atoms with van der Waals surface area (Å²) in [5.74, 6) is 0.0738. The summed E-state index contributed by atoms with van der Waals surface area (Å²) in [4.78, 5) is 29.0. The fraction of sp³-hybridized carbons (Fsp3) is 0.438. The first kappa shape index (κ1) is 17.3. The number of halogens is 1. The van der Waals surface area contributed by atoms with Gasteiger partial charge in [-0.05, 0) is 31.0 Å². The van der Waals surface area contributed by atoms with Crippen LogP contribution in [0.4, 0.5) is 0 Å². The number of hydrogen-bond acceptors (Lipinski definition) is 5. The molecule has 0 radical (unpaired) electrons. The van der Waals surface area contributed by atoms with Crippen molar-refractivity contribution in [3.8, 4) is 0 Å². The van der Waals surface area contributed by atoms with E-state index in [2.05, 4.69) is 10.3 Å².